The third-order valence-corrected chi connectivity index (χ3v) is 8.19. The molecule has 0 aliphatic carbocycles. The lowest BCUT2D eigenvalue weighted by molar-refractivity contribution is 0.101. The maximum absolute atomic E-state index is 15.3. The van der Waals surface area contributed by atoms with Crippen molar-refractivity contribution in [2.45, 2.75) is 19.3 Å². The summed E-state index contributed by atoms with van der Waals surface area (Å²) in [7, 11) is 2.77. The molecule has 48 heavy (non-hydrogen) atoms. The van der Waals surface area contributed by atoms with E-state index in [0.717, 1.165) is 41.4 Å². The molecule has 0 radical (unpaired) electrons. The summed E-state index contributed by atoms with van der Waals surface area (Å²) >= 11 is 5.94. The van der Waals surface area contributed by atoms with Gasteiger partial charge >= 0.3 is 5.69 Å². The van der Waals surface area contributed by atoms with Gasteiger partial charge in [0.05, 0.1) is 24.9 Å². The van der Waals surface area contributed by atoms with Crippen molar-refractivity contribution >= 4 is 34.1 Å². The number of carbonyl (C=O) groups excluding carboxylic acids is 1. The zero-order chi connectivity index (χ0) is 33.8. The van der Waals surface area contributed by atoms with Crippen molar-refractivity contribution in [2.75, 3.05) is 38.7 Å². The summed E-state index contributed by atoms with van der Waals surface area (Å²) in [5, 5.41) is 7.45. The van der Waals surface area contributed by atoms with Crippen molar-refractivity contribution < 1.29 is 23.4 Å². The fourth-order valence-electron chi connectivity index (χ4n) is 5.40. The molecule has 0 spiro atoms. The predicted molar refractivity (Wildman–Crippen MR) is 179 cm³/mol. The summed E-state index contributed by atoms with van der Waals surface area (Å²) in [5.74, 6) is -0.474. The number of methoxy groups -OCH3 is 1. The number of anilines is 1. The highest BCUT2D eigenvalue weighted by molar-refractivity contribution is 6.30. The lowest BCUT2D eigenvalue weighted by atomic mass is 10.1. The molecule has 12 nitrogen and oxygen atoms in total. The highest BCUT2D eigenvalue weighted by Crippen LogP contribution is 2.38. The van der Waals surface area contributed by atoms with E-state index in [9.17, 15) is 14.4 Å². The fraction of sp³-hybridized carbons (Fsp3) is 0.265. The molecule has 0 bridgehead atoms. The van der Waals surface area contributed by atoms with Gasteiger partial charge in [-0.15, -0.1) is 0 Å². The van der Waals surface area contributed by atoms with Gasteiger partial charge in [-0.05, 0) is 80.9 Å². The maximum atomic E-state index is 15.3. The Hall–Kier alpha value is -5.27. The molecule has 3 heterocycles. The van der Waals surface area contributed by atoms with Gasteiger partial charge in [0, 0.05) is 48.0 Å². The predicted octanol–water partition coefficient (Wildman–Crippen LogP) is 5.19. The Labute approximate surface area is 279 Å². The maximum Gasteiger partial charge on any atom is 0.351 e. The van der Waals surface area contributed by atoms with E-state index in [1.807, 2.05) is 0 Å². The molecule has 0 unspecified atom stereocenters. The van der Waals surface area contributed by atoms with Gasteiger partial charge in [0.2, 0.25) is 5.69 Å². The number of benzene rings is 3. The molecule has 1 amide bonds. The second kappa shape index (κ2) is 14.2. The Morgan fingerprint density at radius 3 is 2.48 bits per heavy atom. The molecule has 1 saturated heterocycles. The molecule has 1 fully saturated rings. The molecule has 2 aromatic heterocycles. The van der Waals surface area contributed by atoms with Gasteiger partial charge in [-0.3, -0.25) is 19.1 Å². The monoisotopic (exact) mass is 674 g/mol. The van der Waals surface area contributed by atoms with Crippen LogP contribution in [-0.2, 0) is 7.05 Å². The SMILES string of the molecule is COc1cc2c(Oc3ccc(NC(=O)c4nn(-c5ccc(Cl)cc5)c(=O)n(C)c4=O)cc3F)ccnc2cc1OCCCN1CCCC1. The van der Waals surface area contributed by atoms with Crippen molar-refractivity contribution in [3.05, 3.63) is 104 Å². The fourth-order valence-corrected chi connectivity index (χ4v) is 5.53. The quantitative estimate of drug-likeness (QED) is 0.188. The third-order valence-electron chi connectivity index (χ3n) is 7.93. The number of fused-ring (bicyclic) bond motifs is 1. The van der Waals surface area contributed by atoms with E-state index >= 15 is 4.39 Å². The highest BCUT2D eigenvalue weighted by atomic mass is 35.5. The van der Waals surface area contributed by atoms with Crippen LogP contribution in [0.1, 0.15) is 29.8 Å². The Bertz CT molecular complexity index is 2100. The molecule has 1 aliphatic heterocycles. The Morgan fingerprint density at radius 2 is 1.75 bits per heavy atom. The number of carbonyl (C=O) groups is 1. The number of pyridine rings is 1. The Balaban J connectivity index is 1.18. The number of amides is 1. The van der Waals surface area contributed by atoms with E-state index in [1.165, 1.54) is 56.3 Å². The lowest BCUT2D eigenvalue weighted by Gasteiger charge is -2.16. The number of nitrogens with zero attached hydrogens (tertiary/aromatic N) is 5. The summed E-state index contributed by atoms with van der Waals surface area (Å²) in [6.45, 7) is 3.77. The van der Waals surface area contributed by atoms with E-state index in [2.05, 4.69) is 20.3 Å². The van der Waals surface area contributed by atoms with E-state index in [1.54, 1.807) is 31.5 Å². The minimum absolute atomic E-state index is 0.0331. The first-order chi connectivity index (χ1) is 23.2. The molecular weight excluding hydrogens is 643 g/mol. The number of ether oxygens (including phenoxy) is 3. The van der Waals surface area contributed by atoms with Gasteiger partial charge in [0.15, 0.2) is 23.1 Å². The van der Waals surface area contributed by atoms with Crippen LogP contribution >= 0.6 is 11.6 Å². The first kappa shape index (κ1) is 32.7. The lowest BCUT2D eigenvalue weighted by Crippen LogP contribution is -2.43. The third kappa shape index (κ3) is 7.02. The molecule has 0 saturated carbocycles. The van der Waals surface area contributed by atoms with Crippen LogP contribution in [-0.4, -0.2) is 63.5 Å². The summed E-state index contributed by atoms with van der Waals surface area (Å²) < 4.78 is 34.5. The number of halogens is 2. The van der Waals surface area contributed by atoms with Gasteiger partial charge in [-0.2, -0.15) is 9.78 Å². The zero-order valence-corrected chi connectivity index (χ0v) is 27.0. The minimum atomic E-state index is -0.937. The van der Waals surface area contributed by atoms with Gasteiger partial charge in [0.1, 0.15) is 5.75 Å². The zero-order valence-electron chi connectivity index (χ0n) is 26.2. The van der Waals surface area contributed by atoms with Crippen molar-refractivity contribution in [3.8, 4) is 28.7 Å². The van der Waals surface area contributed by atoms with Gasteiger partial charge in [-0.1, -0.05) is 11.6 Å². The van der Waals surface area contributed by atoms with E-state index in [-0.39, 0.29) is 11.4 Å². The number of aromatic nitrogens is 4. The highest BCUT2D eigenvalue weighted by Gasteiger charge is 2.20. The van der Waals surface area contributed by atoms with Crippen LogP contribution in [0.15, 0.2) is 76.4 Å². The summed E-state index contributed by atoms with van der Waals surface area (Å²) in [5.41, 5.74) is -1.35. The van der Waals surface area contributed by atoms with Crippen molar-refractivity contribution in [1.82, 2.24) is 24.2 Å². The van der Waals surface area contributed by atoms with E-state index in [0.29, 0.717) is 45.5 Å². The molecular formula is C34H32ClFN6O6. The molecule has 0 atom stereocenters. The molecule has 248 valence electrons. The molecule has 3 aromatic carbocycles. The first-order valence-electron chi connectivity index (χ1n) is 15.3. The van der Waals surface area contributed by atoms with E-state index < -0.39 is 28.7 Å². The second-order valence-corrected chi connectivity index (χ2v) is 11.6. The Kier molecular flexibility index (Phi) is 9.69. The number of rotatable bonds is 11. The molecule has 5 aromatic rings. The number of likely N-dealkylation sites (tertiary alicyclic amines) is 1. The average molecular weight is 675 g/mol. The van der Waals surface area contributed by atoms with Gasteiger partial charge < -0.3 is 24.4 Å². The summed E-state index contributed by atoms with van der Waals surface area (Å²) in [6.07, 6.45) is 4.92. The standard InChI is InChI=1S/C34H32ClFN6O6/c1-40-33(44)31(39-42(34(40)45)23-9-6-21(35)7-10-23)32(43)38-22-8-11-28(25(36)18-22)48-27-12-13-37-26-20-30(29(46-2)19-24(26)27)47-17-5-16-41-14-3-4-15-41/h6-13,18-20H,3-5,14-17H2,1-2H3,(H,38,43). The first-order valence-corrected chi connectivity index (χ1v) is 15.7. The minimum Gasteiger partial charge on any atom is -0.493 e. The van der Waals surface area contributed by atoms with Crippen LogP contribution in [0.25, 0.3) is 16.6 Å². The molecule has 1 aliphatic rings. The summed E-state index contributed by atoms with van der Waals surface area (Å²) in [6, 6.07) is 15.0. The number of hydrogen-bond acceptors (Lipinski definition) is 9. The van der Waals surface area contributed by atoms with Crippen molar-refractivity contribution in [2.24, 2.45) is 7.05 Å². The number of nitrogens with one attached hydrogen (secondary N) is 1. The van der Waals surface area contributed by atoms with Crippen LogP contribution in [0.4, 0.5) is 10.1 Å². The number of hydrogen-bond donors (Lipinski definition) is 1. The Morgan fingerprint density at radius 1 is 0.979 bits per heavy atom. The van der Waals surface area contributed by atoms with Crippen molar-refractivity contribution in [3.63, 3.8) is 0 Å². The van der Waals surface area contributed by atoms with Crippen LogP contribution in [0.2, 0.25) is 5.02 Å². The normalized spacial score (nSPS) is 13.1. The van der Waals surface area contributed by atoms with E-state index in [4.69, 9.17) is 25.8 Å². The average Bonchev–Trinajstić information content (AvgIpc) is 3.61. The smallest absolute Gasteiger partial charge is 0.351 e. The molecule has 6 rings (SSSR count). The van der Waals surface area contributed by atoms with Gasteiger partial charge in [-0.25, -0.2) is 9.18 Å². The van der Waals surface area contributed by atoms with Crippen molar-refractivity contribution in [1.29, 1.82) is 0 Å². The van der Waals surface area contributed by atoms with Crippen LogP contribution in [0.5, 0.6) is 23.0 Å². The van der Waals surface area contributed by atoms with Crippen LogP contribution in [0, 0.1) is 5.82 Å². The molecule has 14 heteroatoms. The topological polar surface area (TPSA) is 130 Å². The van der Waals surface area contributed by atoms with Crippen LogP contribution < -0.4 is 30.8 Å². The largest absolute Gasteiger partial charge is 0.493 e. The van der Waals surface area contributed by atoms with Crippen LogP contribution in [0.3, 0.4) is 0 Å². The van der Waals surface area contributed by atoms with Gasteiger partial charge in [0.25, 0.3) is 11.5 Å². The molecule has 1 N–H and O–H groups in total. The summed E-state index contributed by atoms with van der Waals surface area (Å²) in [4.78, 5) is 45.4. The second-order valence-electron chi connectivity index (χ2n) is 11.2.